The van der Waals surface area contributed by atoms with Crippen molar-refractivity contribution >= 4 is 11.6 Å². The molecule has 1 N–H and O–H groups in total. The first kappa shape index (κ1) is 21.8. The minimum absolute atomic E-state index is 0.0882. The zero-order valence-electron chi connectivity index (χ0n) is 18.4. The number of benzene rings is 2. The first-order valence-corrected chi connectivity index (χ1v) is 10.1. The summed E-state index contributed by atoms with van der Waals surface area (Å²) >= 11 is 0. The summed E-state index contributed by atoms with van der Waals surface area (Å²) < 4.78 is 17.0. The van der Waals surface area contributed by atoms with E-state index in [4.69, 9.17) is 14.0 Å². The number of carbonyl (C=O) groups excluding carboxylic acids is 1. The first-order chi connectivity index (χ1) is 16.0. The molecule has 0 spiro atoms. The number of nitrogens with one attached hydrogen (secondary N) is 1. The van der Waals surface area contributed by atoms with Crippen LogP contribution in [0, 0.1) is 6.92 Å². The molecule has 0 aliphatic rings. The molecular formula is C24H22N4O5. The molecule has 0 radical (unpaired) electrons. The van der Waals surface area contributed by atoms with Crippen molar-refractivity contribution in [2.24, 2.45) is 0 Å². The van der Waals surface area contributed by atoms with Gasteiger partial charge in [-0.25, -0.2) is 0 Å². The molecule has 1 amide bonds. The van der Waals surface area contributed by atoms with E-state index in [1.165, 1.54) is 25.0 Å². The van der Waals surface area contributed by atoms with E-state index in [1.54, 1.807) is 30.3 Å². The number of methoxy groups -OCH3 is 2. The van der Waals surface area contributed by atoms with E-state index in [1.807, 2.05) is 31.2 Å². The fraction of sp³-hybridized carbons (Fsp3) is 0.167. The summed E-state index contributed by atoms with van der Waals surface area (Å²) in [5, 5.41) is 6.72. The SMILES string of the molecule is COc1ccc(NC(=O)Cn2cccc(-c3nc(-c4ccc(C)cc4)no3)c2=O)cc1OC. The number of rotatable bonds is 7. The Labute approximate surface area is 189 Å². The molecule has 0 atom stereocenters. The molecular weight excluding hydrogens is 424 g/mol. The standard InChI is InChI=1S/C24H22N4O5/c1-15-6-8-16(9-7-15)22-26-23(33-27-22)18-5-4-12-28(24(18)30)14-21(29)25-17-10-11-19(31-2)20(13-17)32-3/h4-13H,14H2,1-3H3,(H,25,29). The van der Waals surface area contributed by atoms with Crippen molar-refractivity contribution in [1.82, 2.24) is 14.7 Å². The van der Waals surface area contributed by atoms with Gasteiger partial charge < -0.3 is 23.9 Å². The van der Waals surface area contributed by atoms with E-state index in [-0.39, 0.29) is 23.9 Å². The summed E-state index contributed by atoms with van der Waals surface area (Å²) in [7, 11) is 3.04. The number of carbonyl (C=O) groups is 1. The number of anilines is 1. The predicted molar refractivity (Wildman–Crippen MR) is 122 cm³/mol. The maximum atomic E-state index is 13.0. The molecule has 2 aromatic carbocycles. The minimum Gasteiger partial charge on any atom is -0.493 e. The van der Waals surface area contributed by atoms with Gasteiger partial charge in [0.15, 0.2) is 11.5 Å². The smallest absolute Gasteiger partial charge is 0.263 e. The summed E-state index contributed by atoms with van der Waals surface area (Å²) in [6.45, 7) is 1.79. The zero-order valence-corrected chi connectivity index (χ0v) is 18.4. The van der Waals surface area contributed by atoms with Gasteiger partial charge in [-0.05, 0) is 31.2 Å². The predicted octanol–water partition coefficient (Wildman–Crippen LogP) is 3.53. The molecule has 168 valence electrons. The molecule has 0 saturated carbocycles. The van der Waals surface area contributed by atoms with E-state index >= 15 is 0 Å². The maximum absolute atomic E-state index is 13.0. The van der Waals surface area contributed by atoms with Crippen LogP contribution in [0.3, 0.4) is 0 Å². The highest BCUT2D eigenvalue weighted by Crippen LogP contribution is 2.29. The van der Waals surface area contributed by atoms with Crippen LogP contribution in [0.5, 0.6) is 11.5 Å². The lowest BCUT2D eigenvalue weighted by molar-refractivity contribution is -0.116. The highest BCUT2D eigenvalue weighted by molar-refractivity contribution is 5.91. The molecule has 9 nitrogen and oxygen atoms in total. The number of ether oxygens (including phenoxy) is 2. The van der Waals surface area contributed by atoms with E-state index in [9.17, 15) is 9.59 Å². The molecule has 33 heavy (non-hydrogen) atoms. The van der Waals surface area contributed by atoms with Gasteiger partial charge in [0.1, 0.15) is 12.1 Å². The van der Waals surface area contributed by atoms with Crippen LogP contribution in [0.15, 0.2) is 70.1 Å². The van der Waals surface area contributed by atoms with Crippen LogP contribution in [-0.4, -0.2) is 34.8 Å². The first-order valence-electron chi connectivity index (χ1n) is 10.1. The third-order valence-corrected chi connectivity index (χ3v) is 4.97. The van der Waals surface area contributed by atoms with Gasteiger partial charge >= 0.3 is 0 Å². The van der Waals surface area contributed by atoms with Gasteiger partial charge in [-0.15, -0.1) is 0 Å². The highest BCUT2D eigenvalue weighted by Gasteiger charge is 2.16. The third-order valence-electron chi connectivity index (χ3n) is 4.97. The number of amides is 1. The maximum Gasteiger partial charge on any atom is 0.263 e. The Kier molecular flexibility index (Phi) is 6.21. The van der Waals surface area contributed by atoms with Crippen molar-refractivity contribution in [2.75, 3.05) is 19.5 Å². The van der Waals surface area contributed by atoms with Crippen molar-refractivity contribution in [3.63, 3.8) is 0 Å². The Hall–Kier alpha value is -4.40. The molecule has 0 aliphatic carbocycles. The van der Waals surface area contributed by atoms with Crippen LogP contribution in [0.25, 0.3) is 22.8 Å². The van der Waals surface area contributed by atoms with E-state index in [0.717, 1.165) is 11.1 Å². The molecule has 0 aliphatic heterocycles. The quantitative estimate of drug-likeness (QED) is 0.463. The lowest BCUT2D eigenvalue weighted by atomic mass is 10.1. The largest absolute Gasteiger partial charge is 0.493 e. The molecule has 0 bridgehead atoms. The van der Waals surface area contributed by atoms with Gasteiger partial charge in [-0.2, -0.15) is 4.98 Å². The number of pyridine rings is 1. The number of hydrogen-bond donors (Lipinski definition) is 1. The third kappa shape index (κ3) is 4.77. The van der Waals surface area contributed by atoms with Crippen molar-refractivity contribution in [2.45, 2.75) is 13.5 Å². The van der Waals surface area contributed by atoms with E-state index in [2.05, 4.69) is 15.5 Å². The fourth-order valence-corrected chi connectivity index (χ4v) is 3.25. The van der Waals surface area contributed by atoms with Gasteiger partial charge in [0.25, 0.3) is 11.4 Å². The summed E-state index contributed by atoms with van der Waals surface area (Å²) in [5.41, 5.74) is 2.20. The Bertz CT molecular complexity index is 1340. The van der Waals surface area contributed by atoms with Crippen LogP contribution in [0.2, 0.25) is 0 Å². The van der Waals surface area contributed by atoms with Crippen LogP contribution < -0.4 is 20.3 Å². The van der Waals surface area contributed by atoms with Crippen molar-refractivity contribution < 1.29 is 18.8 Å². The van der Waals surface area contributed by atoms with Crippen molar-refractivity contribution in [3.8, 4) is 34.3 Å². The average molecular weight is 446 g/mol. The Morgan fingerprint density at radius 3 is 2.55 bits per heavy atom. The number of aromatic nitrogens is 3. The minimum atomic E-state index is -0.418. The Morgan fingerprint density at radius 2 is 1.82 bits per heavy atom. The highest BCUT2D eigenvalue weighted by atomic mass is 16.5. The number of aryl methyl sites for hydroxylation is 1. The topological polar surface area (TPSA) is 108 Å². The second-order valence-electron chi connectivity index (χ2n) is 7.26. The molecule has 9 heteroatoms. The lowest BCUT2D eigenvalue weighted by Gasteiger charge is -2.11. The van der Waals surface area contributed by atoms with E-state index in [0.29, 0.717) is 23.0 Å². The summed E-state index contributed by atoms with van der Waals surface area (Å²) in [5.74, 6) is 1.11. The molecule has 4 aromatic rings. The zero-order chi connectivity index (χ0) is 23.4. The molecule has 0 fully saturated rings. The summed E-state index contributed by atoms with van der Waals surface area (Å²) in [4.78, 5) is 29.9. The van der Waals surface area contributed by atoms with Gasteiger partial charge in [0.05, 0.1) is 14.2 Å². The second kappa shape index (κ2) is 9.39. The van der Waals surface area contributed by atoms with Crippen LogP contribution in [-0.2, 0) is 11.3 Å². The molecule has 2 heterocycles. The summed E-state index contributed by atoms with van der Waals surface area (Å²) in [6.07, 6.45) is 1.53. The Balaban J connectivity index is 1.52. The Morgan fingerprint density at radius 1 is 1.06 bits per heavy atom. The second-order valence-corrected chi connectivity index (χ2v) is 7.26. The van der Waals surface area contributed by atoms with Crippen molar-refractivity contribution in [3.05, 3.63) is 76.7 Å². The van der Waals surface area contributed by atoms with Crippen LogP contribution in [0.4, 0.5) is 5.69 Å². The average Bonchev–Trinajstić information content (AvgIpc) is 3.30. The van der Waals surface area contributed by atoms with Gasteiger partial charge in [-0.1, -0.05) is 35.0 Å². The van der Waals surface area contributed by atoms with Crippen LogP contribution >= 0.6 is 0 Å². The fourth-order valence-electron chi connectivity index (χ4n) is 3.25. The van der Waals surface area contributed by atoms with Crippen LogP contribution in [0.1, 0.15) is 5.56 Å². The molecule has 0 unspecified atom stereocenters. The molecule has 4 rings (SSSR count). The van der Waals surface area contributed by atoms with Crippen molar-refractivity contribution in [1.29, 1.82) is 0 Å². The lowest BCUT2D eigenvalue weighted by Crippen LogP contribution is -2.28. The molecule has 2 aromatic heterocycles. The monoisotopic (exact) mass is 446 g/mol. The normalized spacial score (nSPS) is 10.6. The molecule has 0 saturated heterocycles. The number of nitrogens with zero attached hydrogens (tertiary/aromatic N) is 3. The van der Waals surface area contributed by atoms with Gasteiger partial charge in [-0.3, -0.25) is 9.59 Å². The van der Waals surface area contributed by atoms with E-state index < -0.39 is 5.56 Å². The number of hydrogen-bond acceptors (Lipinski definition) is 7. The van der Waals surface area contributed by atoms with Gasteiger partial charge in [0.2, 0.25) is 11.7 Å². The van der Waals surface area contributed by atoms with Gasteiger partial charge in [0, 0.05) is 23.5 Å². The summed E-state index contributed by atoms with van der Waals surface area (Å²) in [6, 6.07) is 15.9.